The third kappa shape index (κ3) is 3.53. The Kier molecular flexibility index (Phi) is 4.93. The minimum absolute atomic E-state index is 0.0563. The molecule has 0 saturated carbocycles. The van der Waals surface area contributed by atoms with E-state index in [1.54, 1.807) is 13.0 Å². The molecule has 0 aromatic heterocycles. The smallest absolute Gasteiger partial charge is 0.269 e. The number of allylic oxidation sites excluding steroid dienone is 1. The first-order valence-corrected chi connectivity index (χ1v) is 10.5. The summed E-state index contributed by atoms with van der Waals surface area (Å²) in [7, 11) is 0. The van der Waals surface area contributed by atoms with Crippen molar-refractivity contribution >= 4 is 34.0 Å². The number of phenolic OH excluding ortho intramolecular Hbond substituents is 1. The molecule has 3 aromatic rings. The van der Waals surface area contributed by atoms with Crippen LogP contribution in [0.5, 0.6) is 5.75 Å². The largest absolute Gasteiger partial charge is 0.508 e. The van der Waals surface area contributed by atoms with Gasteiger partial charge in [0.2, 0.25) is 0 Å². The molecule has 2 heterocycles. The fourth-order valence-corrected chi connectivity index (χ4v) is 4.45. The van der Waals surface area contributed by atoms with Crippen molar-refractivity contribution in [3.05, 3.63) is 87.6 Å². The number of hydrogen-bond donors (Lipinski definition) is 3. The summed E-state index contributed by atoms with van der Waals surface area (Å²) in [4.78, 5) is 30.5. The number of anilines is 1. The molecular weight excluding hydrogens is 422 g/mol. The van der Waals surface area contributed by atoms with Crippen LogP contribution in [-0.2, 0) is 4.79 Å². The molecule has 0 fully saturated rings. The summed E-state index contributed by atoms with van der Waals surface area (Å²) in [5, 5.41) is 29.7. The highest BCUT2D eigenvalue weighted by atomic mass is 16.6. The van der Waals surface area contributed by atoms with Crippen LogP contribution in [0.1, 0.15) is 18.5 Å². The van der Waals surface area contributed by atoms with E-state index in [2.05, 4.69) is 15.6 Å². The second-order valence-electron chi connectivity index (χ2n) is 7.94. The number of nitrogens with one attached hydrogen (secondary N) is 2. The zero-order valence-electron chi connectivity index (χ0n) is 17.8. The van der Waals surface area contributed by atoms with Crippen LogP contribution < -0.4 is 10.6 Å². The summed E-state index contributed by atoms with van der Waals surface area (Å²) in [5.74, 6) is 0.397. The number of amides is 1. The molecule has 0 radical (unpaired) electrons. The lowest BCUT2D eigenvalue weighted by Gasteiger charge is -2.38. The predicted molar refractivity (Wildman–Crippen MR) is 125 cm³/mol. The Balaban J connectivity index is 1.60. The van der Waals surface area contributed by atoms with E-state index >= 15 is 0 Å². The van der Waals surface area contributed by atoms with Gasteiger partial charge in [0.05, 0.1) is 23.1 Å². The standard InChI is InChI=1S/C24H21N5O4/c1-14-20(23(31)27-16-7-9-17(10-8-16)29(32)33)22(28-13-12-25-24(28)26-14)21-18-5-3-2-4-15(18)6-11-19(21)30/h2-11,22,30H,12-13H2,1H3,(H,25,26)(H,27,31). The maximum Gasteiger partial charge on any atom is 0.269 e. The number of rotatable bonds is 4. The second-order valence-corrected chi connectivity index (χ2v) is 7.94. The van der Waals surface area contributed by atoms with E-state index in [0.29, 0.717) is 41.6 Å². The number of non-ortho nitro benzene ring substituents is 1. The van der Waals surface area contributed by atoms with Gasteiger partial charge >= 0.3 is 0 Å². The first kappa shape index (κ1) is 20.5. The molecule has 0 saturated heterocycles. The predicted octanol–water partition coefficient (Wildman–Crippen LogP) is 3.68. The molecular formula is C24H21N5O4. The van der Waals surface area contributed by atoms with E-state index in [-0.39, 0.29) is 17.3 Å². The topological polar surface area (TPSA) is 120 Å². The molecule has 1 atom stereocenters. The molecule has 2 aliphatic heterocycles. The monoisotopic (exact) mass is 443 g/mol. The Morgan fingerprint density at radius 2 is 1.94 bits per heavy atom. The van der Waals surface area contributed by atoms with E-state index in [9.17, 15) is 20.0 Å². The number of benzene rings is 3. The summed E-state index contributed by atoms with van der Waals surface area (Å²) < 4.78 is 0. The highest BCUT2D eigenvalue weighted by Gasteiger charge is 2.40. The van der Waals surface area contributed by atoms with Gasteiger partial charge in [-0.2, -0.15) is 0 Å². The summed E-state index contributed by atoms with van der Waals surface area (Å²) in [6.07, 6.45) is 0. The average molecular weight is 443 g/mol. The highest BCUT2D eigenvalue weighted by molar-refractivity contribution is 6.08. The van der Waals surface area contributed by atoms with Crippen LogP contribution in [0.2, 0.25) is 0 Å². The van der Waals surface area contributed by atoms with Crippen molar-refractivity contribution in [2.75, 3.05) is 18.4 Å². The maximum atomic E-state index is 13.5. The van der Waals surface area contributed by atoms with E-state index in [1.807, 2.05) is 35.2 Å². The van der Waals surface area contributed by atoms with Gasteiger partial charge in [-0.05, 0) is 35.9 Å². The highest BCUT2D eigenvalue weighted by Crippen LogP contribution is 2.42. The maximum absolute atomic E-state index is 13.5. The van der Waals surface area contributed by atoms with Crippen LogP contribution in [0.4, 0.5) is 11.4 Å². The SMILES string of the molecule is CC1=C(C(=O)Nc2ccc([N+](=O)[O-])cc2)C(c2c(O)ccc3ccccc23)N2CCN=C2N1. The molecule has 0 aliphatic carbocycles. The quantitative estimate of drug-likeness (QED) is 0.418. The first-order valence-electron chi connectivity index (χ1n) is 10.5. The van der Waals surface area contributed by atoms with Gasteiger partial charge in [0, 0.05) is 35.6 Å². The Morgan fingerprint density at radius 3 is 2.70 bits per heavy atom. The summed E-state index contributed by atoms with van der Waals surface area (Å²) in [6, 6.07) is 16.3. The number of fused-ring (bicyclic) bond motifs is 2. The van der Waals surface area contributed by atoms with Gasteiger partial charge in [-0.3, -0.25) is 19.9 Å². The normalized spacial score (nSPS) is 17.4. The minimum atomic E-state index is -0.559. The molecule has 9 heteroatoms. The van der Waals surface area contributed by atoms with Crippen LogP contribution in [-0.4, -0.2) is 39.9 Å². The van der Waals surface area contributed by atoms with Crippen LogP contribution in [0, 0.1) is 10.1 Å². The zero-order chi connectivity index (χ0) is 23.1. The fourth-order valence-electron chi connectivity index (χ4n) is 4.45. The van der Waals surface area contributed by atoms with Gasteiger partial charge in [0.25, 0.3) is 11.6 Å². The second kappa shape index (κ2) is 7.94. The van der Waals surface area contributed by atoms with Crippen LogP contribution in [0.25, 0.3) is 10.8 Å². The Hall–Kier alpha value is -4.40. The van der Waals surface area contributed by atoms with Gasteiger partial charge in [0.1, 0.15) is 5.75 Å². The van der Waals surface area contributed by atoms with Gasteiger partial charge in [-0.15, -0.1) is 0 Å². The van der Waals surface area contributed by atoms with E-state index in [4.69, 9.17) is 0 Å². The number of carbonyl (C=O) groups is 1. The van der Waals surface area contributed by atoms with E-state index in [0.717, 1.165) is 10.8 Å². The zero-order valence-corrected chi connectivity index (χ0v) is 17.8. The summed E-state index contributed by atoms with van der Waals surface area (Å²) in [5.41, 5.74) is 2.09. The molecule has 1 amide bonds. The van der Waals surface area contributed by atoms with Crippen LogP contribution in [0.15, 0.2) is 76.9 Å². The number of nitrogens with zero attached hydrogens (tertiary/aromatic N) is 3. The summed E-state index contributed by atoms with van der Waals surface area (Å²) in [6.45, 7) is 2.98. The minimum Gasteiger partial charge on any atom is -0.508 e. The number of guanidine groups is 1. The lowest BCUT2D eigenvalue weighted by atomic mass is 9.89. The third-order valence-corrected chi connectivity index (χ3v) is 5.96. The lowest BCUT2D eigenvalue weighted by molar-refractivity contribution is -0.384. The van der Waals surface area contributed by atoms with E-state index in [1.165, 1.54) is 24.3 Å². The van der Waals surface area contributed by atoms with E-state index < -0.39 is 11.0 Å². The number of carbonyl (C=O) groups excluding carboxylic acids is 1. The number of aromatic hydroxyl groups is 1. The molecule has 166 valence electrons. The number of hydrogen-bond acceptors (Lipinski definition) is 7. The van der Waals surface area contributed by atoms with Crippen molar-refractivity contribution in [2.45, 2.75) is 13.0 Å². The average Bonchev–Trinajstić information content (AvgIpc) is 3.27. The van der Waals surface area contributed by atoms with Crippen molar-refractivity contribution in [1.82, 2.24) is 10.2 Å². The van der Waals surface area contributed by atoms with Gasteiger partial charge < -0.3 is 20.6 Å². The molecule has 33 heavy (non-hydrogen) atoms. The van der Waals surface area contributed by atoms with Crippen LogP contribution >= 0.6 is 0 Å². The number of phenols is 1. The number of aliphatic imine (C=N–C) groups is 1. The lowest BCUT2D eigenvalue weighted by Crippen LogP contribution is -2.48. The van der Waals surface area contributed by atoms with Gasteiger partial charge in [0.15, 0.2) is 5.96 Å². The Bertz CT molecular complexity index is 1350. The molecule has 9 nitrogen and oxygen atoms in total. The number of nitro groups is 1. The van der Waals surface area contributed by atoms with Gasteiger partial charge in [-0.1, -0.05) is 30.3 Å². The van der Waals surface area contributed by atoms with Crippen molar-refractivity contribution < 1.29 is 14.8 Å². The molecule has 0 bridgehead atoms. The fraction of sp³-hybridized carbons (Fsp3) is 0.167. The molecule has 1 unspecified atom stereocenters. The molecule has 3 N–H and O–H groups in total. The number of nitro benzene ring substituents is 1. The van der Waals surface area contributed by atoms with Gasteiger partial charge in [-0.25, -0.2) is 0 Å². The molecule has 5 rings (SSSR count). The first-order chi connectivity index (χ1) is 15.9. The Morgan fingerprint density at radius 1 is 1.18 bits per heavy atom. The Labute approximate surface area is 189 Å². The third-order valence-electron chi connectivity index (χ3n) is 5.96. The van der Waals surface area contributed by atoms with Crippen molar-refractivity contribution in [3.8, 4) is 5.75 Å². The van der Waals surface area contributed by atoms with Crippen molar-refractivity contribution in [3.63, 3.8) is 0 Å². The molecule has 3 aromatic carbocycles. The van der Waals surface area contributed by atoms with Crippen LogP contribution in [0.3, 0.4) is 0 Å². The van der Waals surface area contributed by atoms with Crippen molar-refractivity contribution in [1.29, 1.82) is 0 Å². The molecule has 0 spiro atoms. The van der Waals surface area contributed by atoms with Crippen molar-refractivity contribution in [2.24, 2.45) is 4.99 Å². The summed E-state index contributed by atoms with van der Waals surface area (Å²) >= 11 is 0. The molecule has 2 aliphatic rings.